The van der Waals surface area contributed by atoms with E-state index in [2.05, 4.69) is 32.5 Å². The number of benzene rings is 1. The molecule has 1 aromatic carbocycles. The van der Waals surface area contributed by atoms with Crippen LogP contribution in [0.2, 0.25) is 0 Å². The summed E-state index contributed by atoms with van der Waals surface area (Å²) in [6.07, 6.45) is -1.99. The van der Waals surface area contributed by atoms with Crippen molar-refractivity contribution in [1.29, 1.82) is 0 Å². The second-order valence-corrected chi connectivity index (χ2v) is 5.74. The minimum atomic E-state index is -4.27. The molecule has 1 aliphatic rings. The highest BCUT2D eigenvalue weighted by Crippen LogP contribution is 2.25. The van der Waals surface area contributed by atoms with E-state index in [-0.39, 0.29) is 6.61 Å². The maximum Gasteiger partial charge on any atom is 0.411 e. The fraction of sp³-hybridized carbons (Fsp3) is 0.588. The van der Waals surface area contributed by atoms with Gasteiger partial charge in [-0.2, -0.15) is 13.2 Å². The molecule has 0 saturated carbocycles. The molecular weight excluding hydrogens is 335 g/mol. The lowest BCUT2D eigenvalue weighted by atomic mass is 10.1. The molecule has 1 aliphatic heterocycles. The molecule has 0 spiro atoms. The molecule has 8 heteroatoms. The van der Waals surface area contributed by atoms with Crippen LogP contribution in [0.5, 0.6) is 5.75 Å². The second-order valence-electron chi connectivity index (χ2n) is 5.74. The van der Waals surface area contributed by atoms with Gasteiger partial charge in [-0.15, -0.1) is 0 Å². The summed E-state index contributed by atoms with van der Waals surface area (Å²) >= 11 is 0. The molecule has 25 heavy (non-hydrogen) atoms. The van der Waals surface area contributed by atoms with Crippen molar-refractivity contribution in [3.05, 3.63) is 29.3 Å². The zero-order valence-electron chi connectivity index (χ0n) is 14.3. The Bertz CT molecular complexity index is 577. The summed E-state index contributed by atoms with van der Waals surface area (Å²) < 4.78 is 45.8. The quantitative estimate of drug-likeness (QED) is 0.425. The number of nitrogens with one attached hydrogen (secondary N) is 2. The van der Waals surface area contributed by atoms with E-state index in [9.17, 15) is 13.2 Å². The Morgan fingerprint density at radius 2 is 2.08 bits per heavy atom. The summed E-state index contributed by atoms with van der Waals surface area (Å²) in [7, 11) is 1.65. The Kier molecular flexibility index (Phi) is 7.36. The van der Waals surface area contributed by atoms with E-state index in [0.717, 1.165) is 25.2 Å². The Balaban J connectivity index is 1.59. The van der Waals surface area contributed by atoms with Gasteiger partial charge in [0.1, 0.15) is 12.4 Å². The van der Waals surface area contributed by atoms with Crippen LogP contribution in [0.3, 0.4) is 0 Å². The first kappa shape index (κ1) is 19.4. The summed E-state index contributed by atoms with van der Waals surface area (Å²) in [6.45, 7) is 0.810. The lowest BCUT2D eigenvalue weighted by Crippen LogP contribution is -2.39. The van der Waals surface area contributed by atoms with E-state index in [1.165, 1.54) is 11.1 Å². The molecular formula is C17H24F3N3O2. The van der Waals surface area contributed by atoms with Gasteiger partial charge in [-0.3, -0.25) is 4.99 Å². The highest BCUT2D eigenvalue weighted by Gasteiger charge is 2.27. The molecule has 2 N–H and O–H groups in total. The first-order valence-corrected chi connectivity index (χ1v) is 8.31. The Morgan fingerprint density at radius 1 is 1.28 bits per heavy atom. The summed E-state index contributed by atoms with van der Waals surface area (Å²) in [5, 5.41) is 6.24. The van der Waals surface area contributed by atoms with Crippen LogP contribution in [0.4, 0.5) is 13.2 Å². The van der Waals surface area contributed by atoms with E-state index in [1.54, 1.807) is 7.05 Å². The molecule has 0 radical (unpaired) electrons. The Hall–Kier alpha value is -1.96. The van der Waals surface area contributed by atoms with Crippen molar-refractivity contribution in [2.24, 2.45) is 4.99 Å². The fourth-order valence-corrected chi connectivity index (χ4v) is 2.51. The molecule has 0 unspecified atom stereocenters. The standard InChI is InChI=1S/C17H24F3N3O2/c1-21-16(22-7-2-9-24-12-17(18,19)20)23-8-5-13-3-4-15-14(11-13)6-10-25-15/h3-4,11H,2,5-10,12H2,1H3,(H2,21,22,23). The monoisotopic (exact) mass is 359 g/mol. The van der Waals surface area contributed by atoms with E-state index in [1.807, 2.05) is 6.07 Å². The van der Waals surface area contributed by atoms with Crippen molar-refractivity contribution in [2.45, 2.75) is 25.4 Å². The number of guanidine groups is 1. The molecule has 2 rings (SSSR count). The van der Waals surface area contributed by atoms with Gasteiger partial charge in [0, 0.05) is 33.2 Å². The van der Waals surface area contributed by atoms with Crippen molar-refractivity contribution in [3.8, 4) is 5.75 Å². The third kappa shape index (κ3) is 7.21. The number of rotatable bonds is 8. The van der Waals surface area contributed by atoms with Crippen LogP contribution < -0.4 is 15.4 Å². The lowest BCUT2D eigenvalue weighted by molar-refractivity contribution is -0.173. The number of aliphatic imine (C=N–C) groups is 1. The van der Waals surface area contributed by atoms with Gasteiger partial charge in [-0.1, -0.05) is 12.1 Å². The maximum atomic E-state index is 11.9. The third-order valence-corrected chi connectivity index (χ3v) is 3.71. The number of ether oxygens (including phenoxy) is 2. The van der Waals surface area contributed by atoms with Gasteiger partial charge in [0.25, 0.3) is 0 Å². The smallest absolute Gasteiger partial charge is 0.411 e. The van der Waals surface area contributed by atoms with Crippen LogP contribution in [-0.4, -0.2) is 52.1 Å². The van der Waals surface area contributed by atoms with Crippen LogP contribution in [-0.2, 0) is 17.6 Å². The number of halogens is 3. The number of fused-ring (bicyclic) bond motifs is 1. The molecule has 1 heterocycles. The van der Waals surface area contributed by atoms with Crippen LogP contribution in [0.25, 0.3) is 0 Å². The largest absolute Gasteiger partial charge is 0.493 e. The van der Waals surface area contributed by atoms with Crippen LogP contribution in [0, 0.1) is 0 Å². The SMILES string of the molecule is CN=C(NCCCOCC(F)(F)F)NCCc1ccc2c(c1)CCO2. The number of nitrogens with zero attached hydrogens (tertiary/aromatic N) is 1. The van der Waals surface area contributed by atoms with Gasteiger partial charge in [-0.05, 0) is 30.0 Å². The maximum absolute atomic E-state index is 11.9. The van der Waals surface area contributed by atoms with Crippen LogP contribution in [0.15, 0.2) is 23.2 Å². The zero-order chi connectivity index (χ0) is 18.1. The molecule has 0 saturated heterocycles. The van der Waals surface area contributed by atoms with Crippen LogP contribution >= 0.6 is 0 Å². The number of alkyl halides is 3. The summed E-state index contributed by atoms with van der Waals surface area (Å²) in [5.41, 5.74) is 2.48. The van der Waals surface area contributed by atoms with Crippen molar-refractivity contribution >= 4 is 5.96 Å². The third-order valence-electron chi connectivity index (χ3n) is 3.71. The molecule has 1 aromatic rings. The first-order valence-electron chi connectivity index (χ1n) is 8.31. The molecule has 5 nitrogen and oxygen atoms in total. The average Bonchev–Trinajstić information content (AvgIpc) is 3.03. The fourth-order valence-electron chi connectivity index (χ4n) is 2.51. The first-order chi connectivity index (χ1) is 12.0. The minimum Gasteiger partial charge on any atom is -0.493 e. The van der Waals surface area contributed by atoms with Gasteiger partial charge in [0.05, 0.1) is 6.61 Å². The van der Waals surface area contributed by atoms with Crippen molar-refractivity contribution in [2.75, 3.05) is 40.0 Å². The number of hydrogen-bond acceptors (Lipinski definition) is 3. The molecule has 0 atom stereocenters. The van der Waals surface area contributed by atoms with Gasteiger partial charge in [-0.25, -0.2) is 0 Å². The van der Waals surface area contributed by atoms with Crippen molar-refractivity contribution in [3.63, 3.8) is 0 Å². The minimum absolute atomic E-state index is 0.0563. The average molecular weight is 359 g/mol. The van der Waals surface area contributed by atoms with Crippen molar-refractivity contribution in [1.82, 2.24) is 10.6 Å². The predicted molar refractivity (Wildman–Crippen MR) is 90.2 cm³/mol. The van der Waals surface area contributed by atoms with Crippen LogP contribution in [0.1, 0.15) is 17.5 Å². The van der Waals surface area contributed by atoms with Gasteiger partial charge in [0.15, 0.2) is 5.96 Å². The Morgan fingerprint density at radius 3 is 2.84 bits per heavy atom. The summed E-state index contributed by atoms with van der Waals surface area (Å²) in [5.74, 6) is 1.60. The molecule has 0 bridgehead atoms. The second kappa shape index (κ2) is 9.50. The molecule has 0 fully saturated rings. The van der Waals surface area contributed by atoms with E-state index < -0.39 is 12.8 Å². The van der Waals surface area contributed by atoms with E-state index >= 15 is 0 Å². The molecule has 0 amide bonds. The van der Waals surface area contributed by atoms with Gasteiger partial charge >= 0.3 is 6.18 Å². The Labute approximate surface area is 145 Å². The zero-order valence-corrected chi connectivity index (χ0v) is 14.3. The molecule has 0 aromatic heterocycles. The highest BCUT2D eigenvalue weighted by atomic mass is 19.4. The summed E-state index contributed by atoms with van der Waals surface area (Å²) in [6, 6.07) is 6.23. The molecule has 0 aliphatic carbocycles. The number of hydrogen-bond donors (Lipinski definition) is 2. The van der Waals surface area contributed by atoms with Gasteiger partial charge in [0.2, 0.25) is 0 Å². The highest BCUT2D eigenvalue weighted by molar-refractivity contribution is 5.79. The molecule has 140 valence electrons. The topological polar surface area (TPSA) is 54.9 Å². The predicted octanol–water partition coefficient (Wildman–Crippen LogP) is 2.30. The van der Waals surface area contributed by atoms with Gasteiger partial charge < -0.3 is 20.1 Å². The van der Waals surface area contributed by atoms with E-state index in [0.29, 0.717) is 25.5 Å². The van der Waals surface area contributed by atoms with E-state index in [4.69, 9.17) is 4.74 Å². The normalized spacial score (nSPS) is 14.2. The van der Waals surface area contributed by atoms with Crippen molar-refractivity contribution < 1.29 is 22.6 Å². The summed E-state index contributed by atoms with van der Waals surface area (Å²) in [4.78, 5) is 4.09. The lowest BCUT2D eigenvalue weighted by Gasteiger charge is -2.12.